The first kappa shape index (κ1) is 43.3. The number of amides is 5. The second-order valence-corrected chi connectivity index (χ2v) is 17.5. The number of carbonyl (C=O) groups excluding carboxylic acids is 5. The Balaban J connectivity index is 0.890. The number of likely N-dealkylation sites (tertiary alicyclic amines) is 1. The van der Waals surface area contributed by atoms with Crippen LogP contribution < -0.4 is 20.9 Å². The predicted molar refractivity (Wildman–Crippen MR) is 249 cm³/mol. The molecule has 3 fully saturated rings. The molecule has 3 saturated heterocycles. The van der Waals surface area contributed by atoms with E-state index in [0.717, 1.165) is 67.5 Å². The molecule has 0 aliphatic carbocycles. The maximum absolute atomic E-state index is 17.2. The number of aromatic nitrogens is 7. The predicted octanol–water partition coefficient (Wildman–Crippen LogP) is 5.89. The van der Waals surface area contributed by atoms with E-state index in [4.69, 9.17) is 10.2 Å². The van der Waals surface area contributed by atoms with Crippen molar-refractivity contribution in [3.8, 4) is 22.3 Å². The third-order valence-corrected chi connectivity index (χ3v) is 13.4. The molecule has 3 aliphatic rings. The first-order valence-corrected chi connectivity index (χ1v) is 22.6. The number of aryl methyl sites for hydroxylation is 2. The average molecular weight is 905 g/mol. The Morgan fingerprint density at radius 3 is 2.48 bits per heavy atom. The van der Waals surface area contributed by atoms with Gasteiger partial charge < -0.3 is 20.4 Å². The normalized spacial score (nSPS) is 17.2. The molecule has 3 aliphatic heterocycles. The minimum absolute atomic E-state index is 0.0329. The third kappa shape index (κ3) is 8.10. The van der Waals surface area contributed by atoms with Crippen LogP contribution in [0.1, 0.15) is 82.8 Å². The Bertz CT molecular complexity index is 3150. The zero-order valence-corrected chi connectivity index (χ0v) is 37.4. The lowest BCUT2D eigenvalue weighted by Crippen LogP contribution is -2.42. The lowest BCUT2D eigenvalue weighted by molar-refractivity contribution is -0.135. The van der Waals surface area contributed by atoms with Crippen molar-refractivity contribution in [1.82, 2.24) is 49.9 Å². The summed E-state index contributed by atoms with van der Waals surface area (Å²) in [6.45, 7) is 5.14. The second kappa shape index (κ2) is 17.7. The Morgan fingerprint density at radius 2 is 1.70 bits per heavy atom. The van der Waals surface area contributed by atoms with Gasteiger partial charge in [0.1, 0.15) is 17.6 Å². The molecular weight excluding hydrogens is 856 g/mol. The molecule has 10 rings (SSSR count). The van der Waals surface area contributed by atoms with Crippen LogP contribution in [0, 0.1) is 12.7 Å². The molecule has 3 N–H and O–H groups in total. The van der Waals surface area contributed by atoms with Gasteiger partial charge in [-0.05, 0) is 98.2 Å². The smallest absolute Gasteiger partial charge is 0.276 e. The van der Waals surface area contributed by atoms with Crippen LogP contribution in [0.3, 0.4) is 0 Å². The molecule has 0 saturated carbocycles. The standard InChI is InChI=1S/C49H49FN12O5/c1-28-43-29(6-4-7-39(43)62(56-28)40-13-14-41(63)55-48(40)66)16-21-59-22-17-32(18-23-59)61-27-30(26-53-61)36-25-33(60-20-5-8-42(60)64)9-10-34(36)35-11-12-38-44(45(35)50)46(57-58(38)3)49(67)54-31-15-19-52-37(24-31)47(65)51-2/h4,6-7,9-12,15,19,24-27,32,40H,5,8,13-14,16-18,20-23H2,1-3H3,(H,51,65)(H,52,54,67)(H,55,63,66). The van der Waals surface area contributed by atoms with Crippen LogP contribution in [0.15, 0.2) is 79.3 Å². The average Bonchev–Trinajstić information content (AvgIpc) is 4.15. The number of nitrogens with one attached hydrogen (secondary N) is 3. The van der Waals surface area contributed by atoms with Gasteiger partial charge in [-0.25, -0.2) is 4.39 Å². The summed E-state index contributed by atoms with van der Waals surface area (Å²) in [5, 5.41) is 22.8. The van der Waals surface area contributed by atoms with Gasteiger partial charge in [-0.15, -0.1) is 0 Å². The molecular formula is C49H49FN12O5. The molecule has 342 valence electrons. The Morgan fingerprint density at radius 1 is 0.881 bits per heavy atom. The van der Waals surface area contributed by atoms with Crippen molar-refractivity contribution in [3.63, 3.8) is 0 Å². The van der Waals surface area contributed by atoms with E-state index in [0.29, 0.717) is 47.4 Å². The van der Waals surface area contributed by atoms with Crippen LogP contribution >= 0.6 is 0 Å². The molecule has 5 amide bonds. The molecule has 0 spiro atoms. The van der Waals surface area contributed by atoms with Gasteiger partial charge in [0.2, 0.25) is 11.8 Å². The summed E-state index contributed by atoms with van der Waals surface area (Å²) in [5.74, 6) is -2.24. The number of hydrogen-bond acceptors (Lipinski definition) is 10. The molecule has 7 heterocycles. The van der Waals surface area contributed by atoms with Gasteiger partial charge >= 0.3 is 0 Å². The molecule has 7 aromatic rings. The first-order chi connectivity index (χ1) is 32.4. The van der Waals surface area contributed by atoms with Crippen molar-refractivity contribution in [2.75, 3.05) is 43.4 Å². The molecule has 0 radical (unpaired) electrons. The van der Waals surface area contributed by atoms with E-state index in [1.807, 2.05) is 48.1 Å². The van der Waals surface area contributed by atoms with Crippen LogP contribution in [0.4, 0.5) is 15.8 Å². The van der Waals surface area contributed by atoms with Crippen molar-refractivity contribution < 1.29 is 28.4 Å². The highest BCUT2D eigenvalue weighted by Gasteiger charge is 2.32. The maximum atomic E-state index is 17.2. The second-order valence-electron chi connectivity index (χ2n) is 17.5. The zero-order valence-electron chi connectivity index (χ0n) is 37.4. The summed E-state index contributed by atoms with van der Waals surface area (Å²) in [6, 6.07) is 17.7. The van der Waals surface area contributed by atoms with Crippen LogP contribution in [0.2, 0.25) is 0 Å². The van der Waals surface area contributed by atoms with E-state index in [2.05, 4.69) is 37.0 Å². The first-order valence-electron chi connectivity index (χ1n) is 22.6. The number of imide groups is 1. The largest absolute Gasteiger partial charge is 0.354 e. The number of benzene rings is 3. The Hall–Kier alpha value is -7.60. The molecule has 1 unspecified atom stereocenters. The molecule has 67 heavy (non-hydrogen) atoms. The van der Waals surface area contributed by atoms with Gasteiger partial charge in [0.15, 0.2) is 5.69 Å². The lowest BCUT2D eigenvalue weighted by atomic mass is 9.93. The van der Waals surface area contributed by atoms with E-state index in [9.17, 15) is 24.0 Å². The quantitative estimate of drug-likeness (QED) is 0.132. The minimum atomic E-state index is -0.655. The molecule has 3 aromatic carbocycles. The molecule has 18 heteroatoms. The van der Waals surface area contributed by atoms with Gasteiger partial charge in [-0.3, -0.25) is 48.3 Å². The summed E-state index contributed by atoms with van der Waals surface area (Å²) in [6.07, 6.45) is 9.67. The summed E-state index contributed by atoms with van der Waals surface area (Å²) in [4.78, 5) is 71.7. The summed E-state index contributed by atoms with van der Waals surface area (Å²) in [5.41, 5.74) is 6.62. The van der Waals surface area contributed by atoms with E-state index in [-0.39, 0.29) is 52.5 Å². The number of carbonyl (C=O) groups is 5. The van der Waals surface area contributed by atoms with Crippen molar-refractivity contribution in [2.24, 2.45) is 7.05 Å². The number of halogens is 1. The van der Waals surface area contributed by atoms with E-state index in [1.165, 1.54) is 35.6 Å². The molecule has 1 atom stereocenters. The number of hydrogen-bond donors (Lipinski definition) is 3. The lowest BCUT2D eigenvalue weighted by Gasteiger charge is -2.32. The van der Waals surface area contributed by atoms with Gasteiger partial charge in [0, 0.05) is 93.4 Å². The van der Waals surface area contributed by atoms with Gasteiger partial charge in [-0.1, -0.05) is 18.2 Å². The van der Waals surface area contributed by atoms with Crippen LogP contribution in [-0.2, 0) is 27.9 Å². The number of rotatable bonds is 11. The fourth-order valence-electron chi connectivity index (χ4n) is 9.91. The minimum Gasteiger partial charge on any atom is -0.354 e. The third-order valence-electron chi connectivity index (χ3n) is 13.4. The van der Waals surface area contributed by atoms with Crippen LogP contribution in [0.25, 0.3) is 44.1 Å². The molecule has 4 aromatic heterocycles. The topological polar surface area (TPSA) is 194 Å². The summed E-state index contributed by atoms with van der Waals surface area (Å²) in [7, 11) is 3.13. The Kier molecular flexibility index (Phi) is 11.4. The maximum Gasteiger partial charge on any atom is 0.276 e. The zero-order chi connectivity index (χ0) is 46.5. The summed E-state index contributed by atoms with van der Waals surface area (Å²) >= 11 is 0. The van der Waals surface area contributed by atoms with Gasteiger partial charge in [-0.2, -0.15) is 15.3 Å². The number of nitrogens with zero attached hydrogens (tertiary/aromatic N) is 9. The Labute approximate surface area is 384 Å². The highest BCUT2D eigenvalue weighted by atomic mass is 19.1. The highest BCUT2D eigenvalue weighted by molar-refractivity contribution is 6.12. The van der Waals surface area contributed by atoms with Crippen LogP contribution in [0.5, 0.6) is 0 Å². The van der Waals surface area contributed by atoms with E-state index >= 15 is 4.39 Å². The number of piperidine rings is 2. The van der Waals surface area contributed by atoms with Gasteiger partial charge in [0.25, 0.3) is 17.7 Å². The van der Waals surface area contributed by atoms with Crippen molar-refractivity contribution in [2.45, 2.75) is 64.0 Å². The fourth-order valence-corrected chi connectivity index (χ4v) is 9.91. The van der Waals surface area contributed by atoms with E-state index < -0.39 is 23.7 Å². The summed E-state index contributed by atoms with van der Waals surface area (Å²) < 4.78 is 22.4. The fraction of sp³-hybridized carbons (Fsp3) is 0.327. The number of fused-ring (bicyclic) bond motifs is 2. The number of anilines is 2. The van der Waals surface area contributed by atoms with Crippen molar-refractivity contribution >= 4 is 62.7 Å². The van der Waals surface area contributed by atoms with Gasteiger partial charge in [0.05, 0.1) is 34.4 Å². The van der Waals surface area contributed by atoms with Crippen molar-refractivity contribution in [3.05, 3.63) is 108 Å². The van der Waals surface area contributed by atoms with Crippen LogP contribution in [-0.4, -0.2) is 102 Å². The highest BCUT2D eigenvalue weighted by Crippen LogP contribution is 2.40. The number of pyridine rings is 1. The SMILES string of the molecule is CNC(=O)c1cc(NC(=O)c2nn(C)c3ccc(-c4ccc(N5CCCC5=O)cc4-c4cnn(C5CCN(CCc6cccc7c6c(C)nn7C6CCC(=O)NC6=O)CC5)c4)c(F)c23)ccn1. The molecule has 17 nitrogen and oxygen atoms in total. The van der Waals surface area contributed by atoms with E-state index in [1.54, 1.807) is 35.0 Å². The molecule has 0 bridgehead atoms. The van der Waals surface area contributed by atoms with Crippen molar-refractivity contribution in [1.29, 1.82) is 0 Å². The monoisotopic (exact) mass is 904 g/mol.